The Hall–Kier alpha value is -2.06. The number of hydrogen-bond donors (Lipinski definition) is 1. The summed E-state index contributed by atoms with van der Waals surface area (Å²) in [5.41, 5.74) is -2.14. The average Bonchev–Trinajstić information content (AvgIpc) is 2.44. The molecule has 0 rings (SSSR count). The van der Waals surface area contributed by atoms with Crippen molar-refractivity contribution in [3.05, 3.63) is 30.3 Å². The van der Waals surface area contributed by atoms with Gasteiger partial charge in [-0.3, -0.25) is 10.1 Å². The van der Waals surface area contributed by atoms with Crippen LogP contribution in [0.1, 0.15) is 20.8 Å². The molecule has 146 valence electrons. The molecule has 0 aromatic carbocycles. The maximum absolute atomic E-state index is 11.2. The van der Waals surface area contributed by atoms with Crippen molar-refractivity contribution in [2.45, 2.75) is 45.1 Å². The number of rotatable bonds is 11. The highest BCUT2D eigenvalue weighted by atomic mass is 28.4. The third kappa shape index (κ3) is 6.39. The average molecular weight is 385 g/mol. The third-order valence-corrected chi connectivity index (χ3v) is 8.68. The molecule has 25 heavy (non-hydrogen) atoms. The van der Waals surface area contributed by atoms with E-state index in [4.69, 9.17) is 4.43 Å². The molecule has 13 nitrogen and oxygen atoms in total. The molecule has 0 heterocycles. The van der Waals surface area contributed by atoms with E-state index < -0.39 is 54.9 Å². The van der Waals surface area contributed by atoms with Crippen LogP contribution in [-0.2, 0) is 14.1 Å². The van der Waals surface area contributed by atoms with Crippen LogP contribution in [0.4, 0.5) is 0 Å². The van der Waals surface area contributed by atoms with Crippen LogP contribution >= 0.6 is 0 Å². The van der Waals surface area contributed by atoms with Gasteiger partial charge in [-0.25, -0.2) is 4.84 Å². The van der Waals surface area contributed by atoms with Crippen LogP contribution in [0.25, 0.3) is 0 Å². The van der Waals surface area contributed by atoms with Crippen molar-refractivity contribution in [1.82, 2.24) is 0 Å². The van der Waals surface area contributed by atoms with E-state index in [2.05, 4.69) is 9.68 Å². The van der Waals surface area contributed by atoms with Crippen molar-refractivity contribution in [2.75, 3.05) is 19.8 Å². The molecule has 0 amide bonds. The van der Waals surface area contributed by atoms with Gasteiger partial charge in [-0.2, -0.15) is 0 Å². The van der Waals surface area contributed by atoms with E-state index in [9.17, 15) is 35.4 Å². The molecule has 0 aromatic heterocycles. The Kier molecular flexibility index (Phi) is 7.66. The molecule has 2 unspecified atom stereocenters. The quantitative estimate of drug-likeness (QED) is 0.233. The summed E-state index contributed by atoms with van der Waals surface area (Å²) < 4.78 is 5.76. The number of aliphatic hydroxyl groups excluding tert-OH is 1. The standard InChI is InChI=1S/C11H23N3O10Si/c1-10(2,3)25(4,5)23-8-11(6-15,7-22-13(18)19)9(12(16)17)24-14(20)21/h9,15H,6-8H2,1-5H3. The van der Waals surface area contributed by atoms with E-state index in [1.165, 1.54) is 0 Å². The molecule has 0 aliphatic rings. The fourth-order valence-corrected chi connectivity index (χ4v) is 2.61. The lowest BCUT2D eigenvalue weighted by molar-refractivity contribution is -0.837. The normalized spacial score (nSPS) is 15.8. The van der Waals surface area contributed by atoms with Gasteiger partial charge in [-0.15, -0.1) is 20.2 Å². The van der Waals surface area contributed by atoms with Crippen molar-refractivity contribution in [1.29, 1.82) is 0 Å². The van der Waals surface area contributed by atoms with Crippen LogP contribution in [0.5, 0.6) is 0 Å². The second-order valence-corrected chi connectivity index (χ2v) is 11.8. The van der Waals surface area contributed by atoms with Crippen LogP contribution in [0.15, 0.2) is 0 Å². The van der Waals surface area contributed by atoms with Gasteiger partial charge in [0.25, 0.3) is 5.09 Å². The number of nitrogens with zero attached hydrogens (tertiary/aromatic N) is 3. The van der Waals surface area contributed by atoms with Gasteiger partial charge in [0.05, 0.1) is 18.1 Å². The summed E-state index contributed by atoms with van der Waals surface area (Å²) in [7, 11) is -2.49. The topological polar surface area (TPSA) is 177 Å². The second-order valence-electron chi connectivity index (χ2n) is 7.03. The first-order valence-corrected chi connectivity index (χ1v) is 10.1. The fraction of sp³-hybridized carbons (Fsp3) is 1.00. The van der Waals surface area contributed by atoms with Crippen molar-refractivity contribution in [2.24, 2.45) is 5.41 Å². The highest BCUT2D eigenvalue weighted by molar-refractivity contribution is 6.74. The molecule has 0 radical (unpaired) electrons. The molecule has 2 atom stereocenters. The zero-order chi connectivity index (χ0) is 20.1. The molecule has 1 N–H and O–H groups in total. The summed E-state index contributed by atoms with van der Waals surface area (Å²) in [6.45, 7) is 6.59. The summed E-state index contributed by atoms with van der Waals surface area (Å²) in [4.78, 5) is 39.3. The lowest BCUT2D eigenvalue weighted by atomic mass is 9.89. The van der Waals surface area contributed by atoms with Crippen molar-refractivity contribution < 1.29 is 34.3 Å². The van der Waals surface area contributed by atoms with Crippen LogP contribution in [0.2, 0.25) is 18.1 Å². The molecule has 0 fully saturated rings. The molecule has 0 saturated heterocycles. The fourth-order valence-electron chi connectivity index (χ4n) is 1.53. The maximum Gasteiger partial charge on any atom is 0.366 e. The molecule has 0 aliphatic carbocycles. The van der Waals surface area contributed by atoms with Gasteiger partial charge in [0.15, 0.2) is 8.32 Å². The Morgan fingerprint density at radius 2 is 1.56 bits per heavy atom. The maximum atomic E-state index is 11.2. The van der Waals surface area contributed by atoms with E-state index in [0.29, 0.717) is 0 Å². The van der Waals surface area contributed by atoms with Crippen LogP contribution in [0.3, 0.4) is 0 Å². The predicted octanol–water partition coefficient (Wildman–Crippen LogP) is 1.01. The van der Waals surface area contributed by atoms with Crippen molar-refractivity contribution in [3.63, 3.8) is 0 Å². The Morgan fingerprint density at radius 3 is 1.88 bits per heavy atom. The van der Waals surface area contributed by atoms with E-state index in [1.807, 2.05) is 20.8 Å². The summed E-state index contributed by atoms with van der Waals surface area (Å²) in [6.07, 6.45) is -2.41. The molecule has 0 saturated carbocycles. The van der Waals surface area contributed by atoms with Crippen LogP contribution in [-0.4, -0.2) is 54.6 Å². The molecular formula is C11H23N3O10Si. The van der Waals surface area contributed by atoms with Crippen LogP contribution < -0.4 is 0 Å². The third-order valence-electron chi connectivity index (χ3n) is 4.20. The molecule has 0 aliphatic heterocycles. The van der Waals surface area contributed by atoms with Crippen LogP contribution in [0, 0.1) is 35.8 Å². The summed E-state index contributed by atoms with van der Waals surface area (Å²) in [6, 6.07) is 0. The molecule has 0 aromatic rings. The number of aliphatic hydroxyl groups is 1. The van der Waals surface area contributed by atoms with E-state index in [-0.39, 0.29) is 5.04 Å². The first kappa shape index (κ1) is 22.9. The summed E-state index contributed by atoms with van der Waals surface area (Å²) in [5, 5.41) is 38.9. The second kappa shape index (κ2) is 8.35. The number of nitro groups is 1. The minimum atomic E-state index is -2.49. The van der Waals surface area contributed by atoms with Gasteiger partial charge < -0.3 is 14.4 Å². The SMILES string of the molecule is CC(C)(C)[Si](C)(C)OCC(CO)(CO[N+](=O)[O-])C(O[N+](=O)[O-])[N+](=O)[O-]. The molecule has 0 bridgehead atoms. The van der Waals surface area contributed by atoms with Crippen molar-refractivity contribution >= 4 is 8.32 Å². The van der Waals surface area contributed by atoms with Crippen molar-refractivity contribution in [3.8, 4) is 0 Å². The van der Waals surface area contributed by atoms with Gasteiger partial charge in [0.1, 0.15) is 12.0 Å². The highest BCUT2D eigenvalue weighted by Crippen LogP contribution is 2.38. The largest absolute Gasteiger partial charge is 0.416 e. The van der Waals surface area contributed by atoms with E-state index >= 15 is 0 Å². The Balaban J connectivity index is 5.74. The Labute approximate surface area is 144 Å². The zero-order valence-corrected chi connectivity index (χ0v) is 15.7. The first-order chi connectivity index (χ1) is 11.2. The monoisotopic (exact) mass is 385 g/mol. The lowest BCUT2D eigenvalue weighted by Crippen LogP contribution is -2.55. The van der Waals surface area contributed by atoms with Gasteiger partial charge in [0.2, 0.25) is 0 Å². The smallest absolute Gasteiger partial charge is 0.366 e. The minimum Gasteiger partial charge on any atom is -0.416 e. The van der Waals surface area contributed by atoms with Gasteiger partial charge in [-0.1, -0.05) is 20.8 Å². The number of hydrogen-bond acceptors (Lipinski definition) is 10. The van der Waals surface area contributed by atoms with Gasteiger partial charge in [0, 0.05) is 0 Å². The first-order valence-electron chi connectivity index (χ1n) is 7.15. The minimum absolute atomic E-state index is 0.313. The van der Waals surface area contributed by atoms with E-state index in [0.717, 1.165) is 0 Å². The van der Waals surface area contributed by atoms with Gasteiger partial charge in [-0.05, 0) is 18.1 Å². The highest BCUT2D eigenvalue weighted by Gasteiger charge is 2.53. The Morgan fingerprint density at radius 1 is 1.04 bits per heavy atom. The summed E-state index contributed by atoms with van der Waals surface area (Å²) in [5.74, 6) is 0. The summed E-state index contributed by atoms with van der Waals surface area (Å²) >= 11 is 0. The zero-order valence-electron chi connectivity index (χ0n) is 14.7. The Bertz CT molecular complexity index is 509. The van der Waals surface area contributed by atoms with E-state index in [1.54, 1.807) is 13.1 Å². The molecular weight excluding hydrogens is 362 g/mol. The predicted molar refractivity (Wildman–Crippen MR) is 84.5 cm³/mol. The molecule has 14 heteroatoms. The lowest BCUT2D eigenvalue weighted by Gasteiger charge is -2.40. The molecule has 0 spiro atoms. The van der Waals surface area contributed by atoms with Gasteiger partial charge >= 0.3 is 11.3 Å².